The van der Waals surface area contributed by atoms with Crippen LogP contribution in [0.15, 0.2) is 18.2 Å². The lowest BCUT2D eigenvalue weighted by Crippen LogP contribution is -2.10. The number of benzene rings is 1. The van der Waals surface area contributed by atoms with E-state index in [9.17, 15) is 13.2 Å². The molecule has 110 valence electrons. The van der Waals surface area contributed by atoms with E-state index in [0.29, 0.717) is 28.7 Å². The van der Waals surface area contributed by atoms with Gasteiger partial charge in [0.2, 0.25) is 0 Å². The van der Waals surface area contributed by atoms with Crippen molar-refractivity contribution in [2.45, 2.75) is 18.5 Å². The van der Waals surface area contributed by atoms with Gasteiger partial charge in [0.05, 0.1) is 10.5 Å². The highest BCUT2D eigenvalue weighted by Gasteiger charge is 2.27. The van der Waals surface area contributed by atoms with Crippen molar-refractivity contribution in [3.05, 3.63) is 29.0 Å². The summed E-state index contributed by atoms with van der Waals surface area (Å²) < 4.78 is 38.4. The summed E-state index contributed by atoms with van der Waals surface area (Å²) in [4.78, 5) is 4.37. The number of hydrogen-bond donors (Lipinski definition) is 0. The van der Waals surface area contributed by atoms with Gasteiger partial charge in [-0.05, 0) is 23.9 Å². The molecule has 0 amide bonds. The van der Waals surface area contributed by atoms with Gasteiger partial charge in [-0.3, -0.25) is 0 Å². The minimum absolute atomic E-state index is 0.0432. The summed E-state index contributed by atoms with van der Waals surface area (Å²) in [5, 5.41) is 0.487. The molecule has 20 heavy (non-hydrogen) atoms. The summed E-state index contributed by atoms with van der Waals surface area (Å²) in [6.45, 7) is 0.216. The number of aromatic nitrogens is 2. The molecule has 8 heteroatoms. The average molecular weight is 343 g/mol. The second kappa shape index (κ2) is 6.45. The van der Waals surface area contributed by atoms with E-state index in [-0.39, 0.29) is 24.1 Å². The Balaban J connectivity index is 2.29. The Bertz CT molecular complexity index is 598. The number of alkyl halides is 4. The maximum atomic E-state index is 12.2. The normalized spacial score (nSPS) is 12.2. The van der Waals surface area contributed by atoms with Crippen molar-refractivity contribution < 1.29 is 13.2 Å². The minimum Gasteiger partial charge on any atom is -0.327 e. The zero-order valence-corrected chi connectivity index (χ0v) is 12.6. The van der Waals surface area contributed by atoms with Gasteiger partial charge in [-0.15, -0.1) is 11.6 Å². The molecule has 0 bridgehead atoms. The van der Waals surface area contributed by atoms with Crippen molar-refractivity contribution in [3.63, 3.8) is 0 Å². The highest BCUT2D eigenvalue weighted by Crippen LogP contribution is 2.31. The van der Waals surface area contributed by atoms with Gasteiger partial charge in [0.1, 0.15) is 11.3 Å². The van der Waals surface area contributed by atoms with E-state index in [0.717, 1.165) is 5.52 Å². The van der Waals surface area contributed by atoms with Crippen LogP contribution >= 0.6 is 35.0 Å². The summed E-state index contributed by atoms with van der Waals surface area (Å²) in [5.74, 6) is 0.940. The van der Waals surface area contributed by atoms with Crippen LogP contribution in [-0.4, -0.2) is 26.7 Å². The molecule has 0 N–H and O–H groups in total. The first-order chi connectivity index (χ1) is 9.42. The molecule has 0 aliphatic carbocycles. The SMILES string of the molecule is FC(F)(F)SCCn1c(CCCl)nc2c(Cl)cccc21. The zero-order valence-electron chi connectivity index (χ0n) is 10.3. The fourth-order valence-electron chi connectivity index (χ4n) is 1.94. The number of aryl methyl sites for hydroxylation is 2. The Kier molecular flexibility index (Phi) is 5.09. The van der Waals surface area contributed by atoms with E-state index in [2.05, 4.69) is 4.98 Å². The van der Waals surface area contributed by atoms with E-state index >= 15 is 0 Å². The number of para-hydroxylation sites is 1. The maximum absolute atomic E-state index is 12.2. The van der Waals surface area contributed by atoms with Crippen molar-refractivity contribution in [2.75, 3.05) is 11.6 Å². The summed E-state index contributed by atoms with van der Waals surface area (Å²) in [6.07, 6.45) is 0.489. The van der Waals surface area contributed by atoms with Crippen LogP contribution in [0.25, 0.3) is 11.0 Å². The molecule has 1 heterocycles. The molecule has 0 atom stereocenters. The molecule has 0 fully saturated rings. The van der Waals surface area contributed by atoms with Crippen LogP contribution in [0, 0.1) is 0 Å². The lowest BCUT2D eigenvalue weighted by molar-refractivity contribution is -0.0328. The van der Waals surface area contributed by atoms with Crippen LogP contribution in [0.3, 0.4) is 0 Å². The van der Waals surface area contributed by atoms with Crippen molar-refractivity contribution in [2.24, 2.45) is 0 Å². The van der Waals surface area contributed by atoms with E-state index in [1.165, 1.54) is 0 Å². The number of nitrogens with zero attached hydrogens (tertiary/aromatic N) is 2. The van der Waals surface area contributed by atoms with Gasteiger partial charge in [-0.1, -0.05) is 17.7 Å². The van der Waals surface area contributed by atoms with E-state index in [1.807, 2.05) is 0 Å². The highest BCUT2D eigenvalue weighted by molar-refractivity contribution is 8.00. The standard InChI is InChI=1S/C12H11Cl2F3N2S/c13-5-4-10-18-11-8(14)2-1-3-9(11)19(10)6-7-20-12(15,16)17/h1-3H,4-7H2. The fraction of sp³-hybridized carbons (Fsp3) is 0.417. The van der Waals surface area contributed by atoms with Gasteiger partial charge < -0.3 is 4.57 Å². The summed E-state index contributed by atoms with van der Waals surface area (Å²) in [5.41, 5.74) is -2.88. The van der Waals surface area contributed by atoms with Gasteiger partial charge in [0.25, 0.3) is 0 Å². The largest absolute Gasteiger partial charge is 0.441 e. The molecule has 0 radical (unpaired) electrons. The average Bonchev–Trinajstić information content (AvgIpc) is 2.69. The lowest BCUT2D eigenvalue weighted by atomic mass is 10.3. The topological polar surface area (TPSA) is 17.8 Å². The van der Waals surface area contributed by atoms with E-state index in [1.54, 1.807) is 22.8 Å². The molecule has 0 saturated carbocycles. The Morgan fingerprint density at radius 1 is 1.30 bits per heavy atom. The smallest absolute Gasteiger partial charge is 0.327 e. The van der Waals surface area contributed by atoms with Gasteiger partial charge in [-0.2, -0.15) is 13.2 Å². The van der Waals surface area contributed by atoms with Crippen LogP contribution in [0.2, 0.25) is 5.02 Å². The molecule has 0 spiro atoms. The van der Waals surface area contributed by atoms with Gasteiger partial charge >= 0.3 is 5.51 Å². The number of imidazole rings is 1. The zero-order chi connectivity index (χ0) is 14.8. The third-order valence-corrected chi connectivity index (χ3v) is 3.92. The fourth-order valence-corrected chi connectivity index (χ4v) is 2.82. The van der Waals surface area contributed by atoms with Crippen LogP contribution in [-0.2, 0) is 13.0 Å². The second-order valence-corrected chi connectivity index (χ2v) is 5.97. The number of fused-ring (bicyclic) bond motifs is 1. The molecule has 2 rings (SSSR count). The first-order valence-electron chi connectivity index (χ1n) is 5.82. The predicted molar refractivity (Wildman–Crippen MR) is 77.7 cm³/mol. The van der Waals surface area contributed by atoms with Crippen molar-refractivity contribution >= 4 is 46.0 Å². The van der Waals surface area contributed by atoms with Crippen LogP contribution in [0.4, 0.5) is 13.2 Å². The maximum Gasteiger partial charge on any atom is 0.441 e. The minimum atomic E-state index is -4.22. The highest BCUT2D eigenvalue weighted by atomic mass is 35.5. The summed E-state index contributed by atoms with van der Waals surface area (Å²) >= 11 is 11.7. The first-order valence-corrected chi connectivity index (χ1v) is 7.72. The number of thioether (sulfide) groups is 1. The van der Waals surface area contributed by atoms with Crippen molar-refractivity contribution in [3.8, 4) is 0 Å². The van der Waals surface area contributed by atoms with E-state index in [4.69, 9.17) is 23.2 Å². The quantitative estimate of drug-likeness (QED) is 0.731. The molecule has 1 aromatic heterocycles. The lowest BCUT2D eigenvalue weighted by Gasteiger charge is -2.09. The van der Waals surface area contributed by atoms with E-state index < -0.39 is 5.51 Å². The molecule has 1 aromatic carbocycles. The number of halogens is 5. The Labute approximate surface area is 128 Å². The van der Waals surface area contributed by atoms with Gasteiger partial charge in [0.15, 0.2) is 0 Å². The molecule has 0 aliphatic rings. The van der Waals surface area contributed by atoms with Crippen LogP contribution in [0.1, 0.15) is 5.82 Å². The third kappa shape index (κ3) is 3.74. The summed E-state index contributed by atoms with van der Waals surface area (Å²) in [7, 11) is 0. The second-order valence-electron chi connectivity index (χ2n) is 4.02. The first kappa shape index (κ1) is 15.8. The number of hydrogen-bond acceptors (Lipinski definition) is 2. The molecule has 2 nitrogen and oxygen atoms in total. The van der Waals surface area contributed by atoms with Crippen molar-refractivity contribution in [1.29, 1.82) is 0 Å². The molecule has 0 aliphatic heterocycles. The molecular formula is C12H11Cl2F3N2S. The number of rotatable bonds is 5. The molecule has 0 saturated heterocycles. The molecule has 2 aromatic rings. The van der Waals surface area contributed by atoms with Crippen LogP contribution < -0.4 is 0 Å². The predicted octanol–water partition coefficient (Wildman–Crippen LogP) is 4.72. The Hall–Kier alpha value is -0.590. The monoisotopic (exact) mass is 342 g/mol. The molecular weight excluding hydrogens is 332 g/mol. The Morgan fingerprint density at radius 3 is 2.70 bits per heavy atom. The van der Waals surface area contributed by atoms with Gasteiger partial charge in [0, 0.05) is 24.6 Å². The Morgan fingerprint density at radius 2 is 2.05 bits per heavy atom. The van der Waals surface area contributed by atoms with Gasteiger partial charge in [-0.25, -0.2) is 4.98 Å². The summed E-state index contributed by atoms with van der Waals surface area (Å²) in [6, 6.07) is 5.25. The molecule has 0 unspecified atom stereocenters. The van der Waals surface area contributed by atoms with Crippen LogP contribution in [0.5, 0.6) is 0 Å². The third-order valence-electron chi connectivity index (χ3n) is 2.71. The van der Waals surface area contributed by atoms with Crippen molar-refractivity contribution in [1.82, 2.24) is 9.55 Å².